The highest BCUT2D eigenvalue weighted by Gasteiger charge is 2.15. The highest BCUT2D eigenvalue weighted by molar-refractivity contribution is 7.14. The number of rotatable bonds is 5. The van der Waals surface area contributed by atoms with Gasteiger partial charge >= 0.3 is 5.97 Å². The summed E-state index contributed by atoms with van der Waals surface area (Å²) in [5.41, 5.74) is 3.70. The number of fused-ring (bicyclic) bond motifs is 1. The number of nitrogens with zero attached hydrogens (tertiary/aromatic N) is 2. The molecule has 0 unspecified atom stereocenters. The maximum atomic E-state index is 12.6. The van der Waals surface area contributed by atoms with E-state index >= 15 is 0 Å². The Hall–Kier alpha value is -2.80. The molecule has 0 spiro atoms. The van der Waals surface area contributed by atoms with Crippen molar-refractivity contribution in [1.29, 1.82) is 0 Å². The van der Waals surface area contributed by atoms with Gasteiger partial charge in [-0.25, -0.2) is 4.98 Å². The summed E-state index contributed by atoms with van der Waals surface area (Å²) in [4.78, 5) is 32.9. The molecule has 26 heavy (non-hydrogen) atoms. The lowest BCUT2D eigenvalue weighted by atomic mass is 10.1. The average Bonchev–Trinajstić information content (AvgIpc) is 3.01. The Balaban J connectivity index is 1.78. The fraction of sp³-hybridized carbons (Fsp3) is 0.263. The van der Waals surface area contributed by atoms with Crippen LogP contribution >= 0.6 is 11.3 Å². The quantitative estimate of drug-likeness (QED) is 0.694. The van der Waals surface area contributed by atoms with E-state index in [1.165, 1.54) is 11.3 Å². The monoisotopic (exact) mass is 369 g/mol. The van der Waals surface area contributed by atoms with Crippen LogP contribution in [-0.2, 0) is 16.0 Å². The first-order valence-corrected chi connectivity index (χ1v) is 9.13. The van der Waals surface area contributed by atoms with Crippen molar-refractivity contribution >= 4 is 39.2 Å². The lowest BCUT2D eigenvalue weighted by Gasteiger charge is -2.07. The van der Waals surface area contributed by atoms with E-state index in [2.05, 4.69) is 15.3 Å². The minimum Gasteiger partial charge on any atom is -0.466 e. The number of anilines is 1. The standard InChI is InChI=1S/C19H19N3O3S/c1-4-25-17(23)9-14-10-26-19(21-14)22-18(24)15-8-13-7-11(2)5-6-16(13)20-12(15)3/h5-8,10H,4,9H2,1-3H3,(H,21,22,24). The van der Waals surface area contributed by atoms with E-state index in [1.54, 1.807) is 12.3 Å². The number of benzene rings is 1. The molecule has 0 atom stereocenters. The first-order chi connectivity index (χ1) is 12.5. The summed E-state index contributed by atoms with van der Waals surface area (Å²) in [6, 6.07) is 7.78. The van der Waals surface area contributed by atoms with Crippen molar-refractivity contribution in [3.63, 3.8) is 0 Å². The Labute approximate surface area is 155 Å². The molecule has 2 aromatic heterocycles. The molecule has 0 aliphatic carbocycles. The van der Waals surface area contributed by atoms with Crippen LogP contribution in [0.25, 0.3) is 10.9 Å². The van der Waals surface area contributed by atoms with Gasteiger partial charge in [-0.2, -0.15) is 0 Å². The second kappa shape index (κ2) is 7.61. The number of hydrogen-bond acceptors (Lipinski definition) is 6. The van der Waals surface area contributed by atoms with Crippen LogP contribution in [0.2, 0.25) is 0 Å². The van der Waals surface area contributed by atoms with Gasteiger partial charge in [-0.1, -0.05) is 11.6 Å². The largest absolute Gasteiger partial charge is 0.466 e. The van der Waals surface area contributed by atoms with Gasteiger partial charge in [-0.15, -0.1) is 11.3 Å². The summed E-state index contributed by atoms with van der Waals surface area (Å²) in [5.74, 6) is -0.601. The third-order valence-electron chi connectivity index (χ3n) is 3.81. The number of carbonyl (C=O) groups is 2. The molecule has 2 heterocycles. The highest BCUT2D eigenvalue weighted by atomic mass is 32.1. The summed E-state index contributed by atoms with van der Waals surface area (Å²) >= 11 is 1.27. The molecule has 0 aliphatic heterocycles. The molecule has 0 saturated heterocycles. The van der Waals surface area contributed by atoms with Crippen LogP contribution in [0.4, 0.5) is 5.13 Å². The predicted octanol–water partition coefficient (Wildman–Crippen LogP) is 3.67. The van der Waals surface area contributed by atoms with Gasteiger partial charge in [0, 0.05) is 10.8 Å². The van der Waals surface area contributed by atoms with Gasteiger partial charge in [-0.05, 0) is 39.0 Å². The van der Waals surface area contributed by atoms with Gasteiger partial charge < -0.3 is 4.74 Å². The summed E-state index contributed by atoms with van der Waals surface area (Å²) in [6.45, 7) is 5.90. The molecular formula is C19H19N3O3S. The molecule has 1 amide bonds. The molecule has 134 valence electrons. The van der Waals surface area contributed by atoms with Gasteiger partial charge in [0.05, 0.1) is 35.5 Å². The fourth-order valence-corrected chi connectivity index (χ4v) is 3.30. The van der Waals surface area contributed by atoms with E-state index in [4.69, 9.17) is 4.74 Å². The van der Waals surface area contributed by atoms with Crippen molar-refractivity contribution in [2.75, 3.05) is 11.9 Å². The fourth-order valence-electron chi connectivity index (χ4n) is 2.59. The third-order valence-corrected chi connectivity index (χ3v) is 4.61. The molecule has 0 aliphatic rings. The minimum absolute atomic E-state index is 0.0933. The Morgan fingerprint density at radius 3 is 2.77 bits per heavy atom. The van der Waals surface area contributed by atoms with E-state index in [1.807, 2.05) is 38.1 Å². The van der Waals surface area contributed by atoms with Crippen molar-refractivity contribution in [3.8, 4) is 0 Å². The number of nitrogens with one attached hydrogen (secondary N) is 1. The lowest BCUT2D eigenvalue weighted by molar-refractivity contribution is -0.142. The van der Waals surface area contributed by atoms with Crippen molar-refractivity contribution in [3.05, 3.63) is 52.2 Å². The summed E-state index contributed by atoms with van der Waals surface area (Å²) in [5, 5.41) is 5.88. The Kier molecular flexibility index (Phi) is 5.27. The molecule has 7 heteroatoms. The molecule has 1 aromatic carbocycles. The van der Waals surface area contributed by atoms with E-state index < -0.39 is 0 Å². The first kappa shape index (κ1) is 18.0. The maximum Gasteiger partial charge on any atom is 0.311 e. The highest BCUT2D eigenvalue weighted by Crippen LogP contribution is 2.21. The molecule has 3 aromatic rings. The maximum absolute atomic E-state index is 12.6. The predicted molar refractivity (Wildman–Crippen MR) is 102 cm³/mol. The SMILES string of the molecule is CCOC(=O)Cc1csc(NC(=O)c2cc3cc(C)ccc3nc2C)n1. The number of aryl methyl sites for hydroxylation is 2. The number of thiazole rings is 1. The van der Waals surface area contributed by atoms with Gasteiger partial charge in [0.15, 0.2) is 5.13 Å². The lowest BCUT2D eigenvalue weighted by Crippen LogP contribution is -2.14. The minimum atomic E-state index is -0.333. The number of esters is 1. The van der Waals surface area contributed by atoms with Crippen molar-refractivity contribution in [1.82, 2.24) is 9.97 Å². The number of amides is 1. The number of ether oxygens (including phenoxy) is 1. The van der Waals surface area contributed by atoms with Crippen molar-refractivity contribution < 1.29 is 14.3 Å². The molecule has 0 saturated carbocycles. The van der Waals surface area contributed by atoms with E-state index in [-0.39, 0.29) is 18.3 Å². The second-order valence-corrected chi connectivity index (χ2v) is 6.76. The van der Waals surface area contributed by atoms with Gasteiger partial charge in [0.2, 0.25) is 0 Å². The molecule has 3 rings (SSSR count). The second-order valence-electron chi connectivity index (χ2n) is 5.90. The van der Waals surface area contributed by atoms with Crippen LogP contribution in [0.15, 0.2) is 29.6 Å². The van der Waals surface area contributed by atoms with Crippen LogP contribution in [0, 0.1) is 13.8 Å². The van der Waals surface area contributed by atoms with Crippen molar-refractivity contribution in [2.45, 2.75) is 27.2 Å². The number of hydrogen-bond donors (Lipinski definition) is 1. The van der Waals surface area contributed by atoms with Crippen LogP contribution in [0.1, 0.15) is 34.2 Å². The molecule has 0 bridgehead atoms. The van der Waals surface area contributed by atoms with Crippen molar-refractivity contribution in [2.24, 2.45) is 0 Å². The molecule has 0 radical (unpaired) electrons. The molecule has 6 nitrogen and oxygen atoms in total. The summed E-state index contributed by atoms with van der Waals surface area (Å²) in [6.07, 6.45) is 0.0933. The van der Waals surface area contributed by atoms with E-state index in [0.29, 0.717) is 28.7 Å². The topological polar surface area (TPSA) is 81.2 Å². The smallest absolute Gasteiger partial charge is 0.311 e. The zero-order chi connectivity index (χ0) is 18.7. The van der Waals surface area contributed by atoms with Crippen LogP contribution in [0.3, 0.4) is 0 Å². The Morgan fingerprint density at radius 2 is 2.00 bits per heavy atom. The molecule has 1 N–H and O–H groups in total. The van der Waals surface area contributed by atoms with Gasteiger partial charge in [0.1, 0.15) is 0 Å². The first-order valence-electron chi connectivity index (χ1n) is 8.25. The molecule has 0 fully saturated rings. The van der Waals surface area contributed by atoms with E-state index in [9.17, 15) is 9.59 Å². The number of pyridine rings is 1. The Morgan fingerprint density at radius 1 is 1.19 bits per heavy atom. The van der Waals surface area contributed by atoms with Crippen LogP contribution in [0.5, 0.6) is 0 Å². The normalized spacial score (nSPS) is 10.7. The van der Waals surface area contributed by atoms with Crippen LogP contribution in [-0.4, -0.2) is 28.5 Å². The summed E-state index contributed by atoms with van der Waals surface area (Å²) in [7, 11) is 0. The van der Waals surface area contributed by atoms with Crippen LogP contribution < -0.4 is 5.32 Å². The number of aromatic nitrogens is 2. The zero-order valence-corrected chi connectivity index (χ0v) is 15.6. The van der Waals surface area contributed by atoms with Gasteiger partial charge in [-0.3, -0.25) is 19.9 Å². The third kappa shape index (κ3) is 4.05. The Bertz CT molecular complexity index is 981. The zero-order valence-electron chi connectivity index (χ0n) is 14.8. The number of carbonyl (C=O) groups excluding carboxylic acids is 2. The average molecular weight is 369 g/mol. The van der Waals surface area contributed by atoms with Gasteiger partial charge in [0.25, 0.3) is 5.91 Å². The summed E-state index contributed by atoms with van der Waals surface area (Å²) < 4.78 is 4.90. The van der Waals surface area contributed by atoms with E-state index in [0.717, 1.165) is 16.5 Å². The molecular weight excluding hydrogens is 350 g/mol.